The standard InChI is InChI=1S/C17H17F3N6/c18-17(19,20)11-4-1-3-10(7-11)14-13-15(21)23-9-24-16(13)26(25-14)12-5-2-6-22-8-12/h1,3-4,7,9,12,22H,2,5-6,8H2,(H2,21,23,24)/t12-/m1/s1. The van der Waals surface area contributed by atoms with E-state index >= 15 is 0 Å². The molecule has 3 aromatic rings. The lowest BCUT2D eigenvalue weighted by molar-refractivity contribution is -0.137. The third-order valence-electron chi connectivity index (χ3n) is 4.60. The van der Waals surface area contributed by atoms with E-state index < -0.39 is 11.7 Å². The van der Waals surface area contributed by atoms with Gasteiger partial charge < -0.3 is 11.1 Å². The summed E-state index contributed by atoms with van der Waals surface area (Å²) in [5, 5.41) is 8.38. The molecule has 1 saturated heterocycles. The smallest absolute Gasteiger partial charge is 0.383 e. The van der Waals surface area contributed by atoms with Crippen molar-refractivity contribution in [1.82, 2.24) is 25.1 Å². The molecular weight excluding hydrogens is 345 g/mol. The van der Waals surface area contributed by atoms with Gasteiger partial charge in [0.2, 0.25) is 0 Å². The Morgan fingerprint density at radius 1 is 1.23 bits per heavy atom. The van der Waals surface area contributed by atoms with Crippen LogP contribution in [0.1, 0.15) is 24.4 Å². The molecule has 6 nitrogen and oxygen atoms in total. The number of halogens is 3. The largest absolute Gasteiger partial charge is 0.416 e. The van der Waals surface area contributed by atoms with Crippen molar-refractivity contribution in [3.05, 3.63) is 36.2 Å². The fourth-order valence-corrected chi connectivity index (χ4v) is 3.34. The number of anilines is 1. The maximum Gasteiger partial charge on any atom is 0.416 e. The number of hydrogen-bond acceptors (Lipinski definition) is 5. The normalized spacial score (nSPS) is 18.3. The predicted octanol–water partition coefficient (Wildman–Crippen LogP) is 3.02. The van der Waals surface area contributed by atoms with Gasteiger partial charge in [0.15, 0.2) is 5.65 Å². The first-order valence-corrected chi connectivity index (χ1v) is 8.32. The lowest BCUT2D eigenvalue weighted by Gasteiger charge is -2.23. The summed E-state index contributed by atoms with van der Waals surface area (Å²) >= 11 is 0. The first-order valence-electron chi connectivity index (χ1n) is 8.32. The van der Waals surface area contributed by atoms with Gasteiger partial charge >= 0.3 is 6.18 Å². The Bertz CT molecular complexity index is 943. The molecule has 1 aromatic carbocycles. The molecule has 0 radical (unpaired) electrons. The highest BCUT2D eigenvalue weighted by molar-refractivity contribution is 5.98. The molecule has 1 atom stereocenters. The summed E-state index contributed by atoms with van der Waals surface area (Å²) in [5.74, 6) is 0.206. The van der Waals surface area contributed by atoms with Crippen molar-refractivity contribution in [2.24, 2.45) is 0 Å². The highest BCUT2D eigenvalue weighted by atomic mass is 19.4. The number of nitrogens with zero attached hydrogens (tertiary/aromatic N) is 4. The zero-order valence-corrected chi connectivity index (χ0v) is 13.8. The average molecular weight is 362 g/mol. The molecule has 1 aliphatic heterocycles. The molecule has 136 valence electrons. The Morgan fingerprint density at radius 3 is 2.81 bits per heavy atom. The Hall–Kier alpha value is -2.68. The molecule has 26 heavy (non-hydrogen) atoms. The van der Waals surface area contributed by atoms with Gasteiger partial charge in [0.05, 0.1) is 17.0 Å². The number of rotatable bonds is 2. The molecule has 1 fully saturated rings. The van der Waals surface area contributed by atoms with Crippen LogP contribution in [-0.4, -0.2) is 32.8 Å². The average Bonchev–Trinajstić information content (AvgIpc) is 3.03. The monoisotopic (exact) mass is 362 g/mol. The van der Waals surface area contributed by atoms with E-state index in [1.165, 1.54) is 12.4 Å². The topological polar surface area (TPSA) is 81.7 Å². The fourth-order valence-electron chi connectivity index (χ4n) is 3.34. The van der Waals surface area contributed by atoms with E-state index in [0.717, 1.165) is 38.1 Å². The quantitative estimate of drug-likeness (QED) is 0.732. The van der Waals surface area contributed by atoms with Crippen LogP contribution in [-0.2, 0) is 6.18 Å². The lowest BCUT2D eigenvalue weighted by Crippen LogP contribution is -2.32. The van der Waals surface area contributed by atoms with Gasteiger partial charge in [0.1, 0.15) is 17.8 Å². The van der Waals surface area contributed by atoms with Crippen LogP contribution >= 0.6 is 0 Å². The van der Waals surface area contributed by atoms with Gasteiger partial charge in [-0.15, -0.1) is 0 Å². The first kappa shape index (κ1) is 16.8. The maximum absolute atomic E-state index is 13.1. The molecule has 0 amide bonds. The SMILES string of the molecule is Nc1ncnc2c1c(-c1cccc(C(F)(F)F)c1)nn2[C@@H]1CCCNC1. The summed E-state index contributed by atoms with van der Waals surface area (Å²) in [5.41, 5.74) is 6.54. The number of piperidine rings is 1. The summed E-state index contributed by atoms with van der Waals surface area (Å²) < 4.78 is 41.0. The third kappa shape index (κ3) is 2.88. The predicted molar refractivity (Wildman–Crippen MR) is 91.3 cm³/mol. The van der Waals surface area contributed by atoms with Crippen molar-refractivity contribution in [2.75, 3.05) is 18.8 Å². The van der Waals surface area contributed by atoms with Crippen molar-refractivity contribution < 1.29 is 13.2 Å². The number of nitrogen functional groups attached to an aromatic ring is 1. The number of alkyl halides is 3. The molecule has 3 heterocycles. The summed E-state index contributed by atoms with van der Waals surface area (Å²) in [4.78, 5) is 8.29. The third-order valence-corrected chi connectivity index (χ3v) is 4.60. The zero-order valence-electron chi connectivity index (χ0n) is 13.8. The number of nitrogens with two attached hydrogens (primary N) is 1. The number of nitrogens with one attached hydrogen (secondary N) is 1. The van der Waals surface area contributed by atoms with E-state index in [0.29, 0.717) is 22.3 Å². The summed E-state index contributed by atoms with van der Waals surface area (Å²) in [6.45, 7) is 1.66. The minimum absolute atomic E-state index is 0.0695. The highest BCUT2D eigenvalue weighted by Crippen LogP contribution is 2.36. The Balaban J connectivity index is 1.90. The van der Waals surface area contributed by atoms with Crippen LogP contribution in [0, 0.1) is 0 Å². The van der Waals surface area contributed by atoms with Gasteiger partial charge in [-0.2, -0.15) is 18.3 Å². The highest BCUT2D eigenvalue weighted by Gasteiger charge is 2.31. The van der Waals surface area contributed by atoms with Gasteiger partial charge in [0, 0.05) is 12.1 Å². The number of hydrogen-bond donors (Lipinski definition) is 2. The maximum atomic E-state index is 13.1. The Morgan fingerprint density at radius 2 is 2.08 bits per heavy atom. The summed E-state index contributed by atoms with van der Waals surface area (Å²) in [6.07, 6.45) is -1.17. The van der Waals surface area contributed by atoms with E-state index in [2.05, 4.69) is 20.4 Å². The van der Waals surface area contributed by atoms with Crippen molar-refractivity contribution in [3.63, 3.8) is 0 Å². The molecule has 0 bridgehead atoms. The second kappa shape index (κ2) is 6.24. The van der Waals surface area contributed by atoms with Gasteiger partial charge in [-0.25, -0.2) is 14.6 Å². The number of fused-ring (bicyclic) bond motifs is 1. The molecule has 4 rings (SSSR count). The van der Waals surface area contributed by atoms with Gasteiger partial charge in [-0.3, -0.25) is 0 Å². The van der Waals surface area contributed by atoms with E-state index in [1.807, 2.05) is 0 Å². The van der Waals surface area contributed by atoms with E-state index in [-0.39, 0.29) is 11.9 Å². The fraction of sp³-hybridized carbons (Fsp3) is 0.353. The van der Waals surface area contributed by atoms with Crippen LogP contribution in [0.15, 0.2) is 30.6 Å². The number of aromatic nitrogens is 4. The van der Waals surface area contributed by atoms with Gasteiger partial charge in [-0.05, 0) is 31.5 Å². The van der Waals surface area contributed by atoms with Crippen molar-refractivity contribution in [1.29, 1.82) is 0 Å². The van der Waals surface area contributed by atoms with E-state index in [9.17, 15) is 13.2 Å². The van der Waals surface area contributed by atoms with Crippen LogP contribution in [0.25, 0.3) is 22.3 Å². The molecule has 1 aliphatic rings. The first-order chi connectivity index (χ1) is 12.4. The molecule has 2 aromatic heterocycles. The van der Waals surface area contributed by atoms with Crippen LogP contribution in [0.2, 0.25) is 0 Å². The molecule has 0 saturated carbocycles. The van der Waals surface area contributed by atoms with Crippen LogP contribution < -0.4 is 11.1 Å². The lowest BCUT2D eigenvalue weighted by atomic mass is 10.1. The van der Waals surface area contributed by atoms with Gasteiger partial charge in [0.25, 0.3) is 0 Å². The summed E-state index contributed by atoms with van der Waals surface area (Å²) in [7, 11) is 0. The molecule has 9 heteroatoms. The molecule has 0 spiro atoms. The number of benzene rings is 1. The van der Waals surface area contributed by atoms with E-state index in [1.54, 1.807) is 10.7 Å². The molecular formula is C17H17F3N6. The van der Waals surface area contributed by atoms with Crippen LogP contribution in [0.4, 0.5) is 19.0 Å². The van der Waals surface area contributed by atoms with E-state index in [4.69, 9.17) is 5.73 Å². The van der Waals surface area contributed by atoms with Gasteiger partial charge in [-0.1, -0.05) is 12.1 Å². The Kier molecular flexibility index (Phi) is 4.03. The van der Waals surface area contributed by atoms with Crippen LogP contribution in [0.5, 0.6) is 0 Å². The van der Waals surface area contributed by atoms with Crippen molar-refractivity contribution in [3.8, 4) is 11.3 Å². The Labute approximate surface area is 147 Å². The molecule has 0 unspecified atom stereocenters. The molecule has 3 N–H and O–H groups in total. The second-order valence-electron chi connectivity index (χ2n) is 6.33. The molecule has 0 aliphatic carbocycles. The minimum atomic E-state index is -4.43. The minimum Gasteiger partial charge on any atom is -0.383 e. The van der Waals surface area contributed by atoms with Crippen molar-refractivity contribution in [2.45, 2.75) is 25.1 Å². The van der Waals surface area contributed by atoms with Crippen molar-refractivity contribution >= 4 is 16.9 Å². The zero-order chi connectivity index (χ0) is 18.3. The summed E-state index contributed by atoms with van der Waals surface area (Å²) in [6, 6.07) is 5.14. The second-order valence-corrected chi connectivity index (χ2v) is 6.33. The van der Waals surface area contributed by atoms with Crippen LogP contribution in [0.3, 0.4) is 0 Å².